The number of halogens is 2. The Bertz CT molecular complexity index is 457. The summed E-state index contributed by atoms with van der Waals surface area (Å²) in [5.41, 5.74) is 6.51. The van der Waals surface area contributed by atoms with E-state index in [2.05, 4.69) is 5.32 Å². The van der Waals surface area contributed by atoms with Crippen molar-refractivity contribution in [2.75, 3.05) is 6.54 Å². The lowest BCUT2D eigenvalue weighted by Gasteiger charge is -2.18. The molecule has 0 spiro atoms. The third kappa shape index (κ3) is 4.35. The molecule has 1 aromatic rings. The minimum absolute atomic E-state index is 0. The first-order chi connectivity index (χ1) is 9.10. The maximum Gasteiger partial charge on any atom is 0.249 e. The molecule has 3 N–H and O–H groups in total. The molecule has 0 aliphatic carbocycles. The largest absolute Gasteiger partial charge is 0.364 e. The normalized spacial score (nSPS) is 22.9. The van der Waals surface area contributed by atoms with Gasteiger partial charge >= 0.3 is 0 Å². The molecule has 1 heterocycles. The summed E-state index contributed by atoms with van der Waals surface area (Å²) >= 11 is 5.94. The minimum atomic E-state index is -0.379. The van der Waals surface area contributed by atoms with Gasteiger partial charge in [-0.1, -0.05) is 23.7 Å². The van der Waals surface area contributed by atoms with E-state index < -0.39 is 0 Å². The SMILES string of the molecule is CC(NC(=O)[C@@H]1CC[C@H](CN)O1)c1cccc(Cl)c1.Cl. The number of benzene rings is 1. The third-order valence-electron chi connectivity index (χ3n) is 3.37. The van der Waals surface area contributed by atoms with Crippen LogP contribution in [0.3, 0.4) is 0 Å². The zero-order valence-corrected chi connectivity index (χ0v) is 12.9. The third-order valence-corrected chi connectivity index (χ3v) is 3.61. The molecule has 0 aromatic heterocycles. The summed E-state index contributed by atoms with van der Waals surface area (Å²) in [6.45, 7) is 2.40. The molecule has 2 rings (SSSR count). The Morgan fingerprint density at radius 3 is 2.90 bits per heavy atom. The van der Waals surface area contributed by atoms with Crippen molar-refractivity contribution in [3.63, 3.8) is 0 Å². The molecular formula is C14H20Cl2N2O2. The molecule has 1 fully saturated rings. The lowest BCUT2D eigenvalue weighted by molar-refractivity contribution is -0.132. The van der Waals surface area contributed by atoms with Crippen molar-refractivity contribution in [1.82, 2.24) is 5.32 Å². The zero-order chi connectivity index (χ0) is 13.8. The number of carbonyl (C=O) groups excluding carboxylic acids is 1. The Labute approximate surface area is 130 Å². The first-order valence-corrected chi connectivity index (χ1v) is 6.89. The van der Waals surface area contributed by atoms with Gasteiger partial charge in [-0.05, 0) is 37.5 Å². The Morgan fingerprint density at radius 2 is 2.30 bits per heavy atom. The van der Waals surface area contributed by atoms with E-state index in [0.29, 0.717) is 11.6 Å². The van der Waals surface area contributed by atoms with E-state index in [4.69, 9.17) is 22.1 Å². The first-order valence-electron chi connectivity index (χ1n) is 6.51. The second-order valence-electron chi connectivity index (χ2n) is 4.85. The highest BCUT2D eigenvalue weighted by Crippen LogP contribution is 2.21. The summed E-state index contributed by atoms with van der Waals surface area (Å²) in [6.07, 6.45) is 1.21. The maximum atomic E-state index is 12.1. The van der Waals surface area contributed by atoms with Gasteiger partial charge < -0.3 is 15.8 Å². The minimum Gasteiger partial charge on any atom is -0.364 e. The van der Waals surface area contributed by atoms with Crippen LogP contribution in [0.2, 0.25) is 5.02 Å². The van der Waals surface area contributed by atoms with Crippen LogP contribution in [0, 0.1) is 0 Å². The Kier molecular flexibility index (Phi) is 6.76. The summed E-state index contributed by atoms with van der Waals surface area (Å²) in [5.74, 6) is -0.0802. The van der Waals surface area contributed by atoms with E-state index in [9.17, 15) is 4.79 Å². The lowest BCUT2D eigenvalue weighted by Crippen LogP contribution is -2.36. The van der Waals surface area contributed by atoms with Gasteiger partial charge in [0.2, 0.25) is 5.91 Å². The molecular weight excluding hydrogens is 299 g/mol. The molecule has 20 heavy (non-hydrogen) atoms. The highest BCUT2D eigenvalue weighted by atomic mass is 35.5. The second kappa shape index (κ2) is 7.84. The van der Waals surface area contributed by atoms with Crippen LogP contribution in [0.15, 0.2) is 24.3 Å². The molecule has 4 nitrogen and oxygen atoms in total. The summed E-state index contributed by atoms with van der Waals surface area (Å²) in [6, 6.07) is 7.38. The average Bonchev–Trinajstić information content (AvgIpc) is 2.87. The van der Waals surface area contributed by atoms with Crippen molar-refractivity contribution in [1.29, 1.82) is 0 Å². The second-order valence-corrected chi connectivity index (χ2v) is 5.28. The molecule has 0 saturated carbocycles. The van der Waals surface area contributed by atoms with Crippen molar-refractivity contribution in [2.45, 2.75) is 38.0 Å². The standard InChI is InChI=1S/C14H19ClN2O2.ClH/c1-9(10-3-2-4-11(15)7-10)17-14(18)13-6-5-12(8-16)19-13;/h2-4,7,9,12-13H,5-6,8,16H2,1H3,(H,17,18);1H/t9?,12-,13+;/m1./s1. The van der Waals surface area contributed by atoms with Crippen molar-refractivity contribution in [3.8, 4) is 0 Å². The number of nitrogens with two attached hydrogens (primary N) is 1. The summed E-state index contributed by atoms with van der Waals surface area (Å²) in [5, 5.41) is 3.61. The van der Waals surface area contributed by atoms with Crippen LogP contribution < -0.4 is 11.1 Å². The Balaban J connectivity index is 0.00000200. The molecule has 0 radical (unpaired) electrons. The van der Waals surface area contributed by atoms with E-state index in [0.717, 1.165) is 18.4 Å². The van der Waals surface area contributed by atoms with Gasteiger partial charge in [-0.3, -0.25) is 4.79 Å². The number of ether oxygens (including phenoxy) is 1. The smallest absolute Gasteiger partial charge is 0.249 e. The number of hydrogen-bond donors (Lipinski definition) is 2. The van der Waals surface area contributed by atoms with Gasteiger partial charge in [0.15, 0.2) is 0 Å². The van der Waals surface area contributed by atoms with Crippen LogP contribution in [0.1, 0.15) is 31.4 Å². The van der Waals surface area contributed by atoms with Crippen LogP contribution in [0.25, 0.3) is 0 Å². The molecule has 3 atom stereocenters. The van der Waals surface area contributed by atoms with Crippen LogP contribution in [0.4, 0.5) is 0 Å². The number of rotatable bonds is 4. The molecule has 1 aliphatic heterocycles. The van der Waals surface area contributed by atoms with Gasteiger partial charge in [0.25, 0.3) is 0 Å². The first kappa shape index (κ1) is 17.2. The Morgan fingerprint density at radius 1 is 1.55 bits per heavy atom. The van der Waals surface area contributed by atoms with E-state index >= 15 is 0 Å². The zero-order valence-electron chi connectivity index (χ0n) is 11.3. The van der Waals surface area contributed by atoms with Crippen molar-refractivity contribution >= 4 is 29.9 Å². The monoisotopic (exact) mass is 318 g/mol. The molecule has 1 amide bonds. The van der Waals surface area contributed by atoms with Crippen molar-refractivity contribution in [2.24, 2.45) is 5.73 Å². The summed E-state index contributed by atoms with van der Waals surface area (Å²) in [4.78, 5) is 12.1. The molecule has 0 bridgehead atoms. The predicted octanol–water partition coefficient (Wildman–Crippen LogP) is 2.45. The fourth-order valence-electron chi connectivity index (χ4n) is 2.24. The van der Waals surface area contributed by atoms with Gasteiger partial charge in [-0.2, -0.15) is 0 Å². The highest BCUT2D eigenvalue weighted by Gasteiger charge is 2.30. The Hall–Kier alpha value is -0.810. The van der Waals surface area contributed by atoms with Gasteiger partial charge in [-0.25, -0.2) is 0 Å². The summed E-state index contributed by atoms with van der Waals surface area (Å²) < 4.78 is 5.57. The molecule has 1 unspecified atom stereocenters. The molecule has 1 saturated heterocycles. The van der Waals surface area contributed by atoms with Gasteiger partial charge in [0.05, 0.1) is 12.1 Å². The van der Waals surface area contributed by atoms with Crippen molar-refractivity contribution < 1.29 is 9.53 Å². The number of amides is 1. The van der Waals surface area contributed by atoms with Gasteiger partial charge in [0, 0.05) is 11.6 Å². The lowest BCUT2D eigenvalue weighted by atomic mass is 10.1. The van der Waals surface area contributed by atoms with E-state index in [-0.39, 0.29) is 36.6 Å². The molecule has 1 aromatic carbocycles. The number of nitrogens with one attached hydrogen (secondary N) is 1. The fourth-order valence-corrected chi connectivity index (χ4v) is 2.44. The van der Waals surface area contributed by atoms with Gasteiger partial charge in [0.1, 0.15) is 6.10 Å². The number of hydrogen-bond acceptors (Lipinski definition) is 3. The van der Waals surface area contributed by atoms with Crippen LogP contribution >= 0.6 is 24.0 Å². The molecule has 6 heteroatoms. The van der Waals surface area contributed by atoms with Crippen LogP contribution in [-0.2, 0) is 9.53 Å². The highest BCUT2D eigenvalue weighted by molar-refractivity contribution is 6.30. The average molecular weight is 319 g/mol. The quantitative estimate of drug-likeness (QED) is 0.896. The van der Waals surface area contributed by atoms with E-state index in [1.54, 1.807) is 0 Å². The van der Waals surface area contributed by atoms with E-state index in [1.807, 2.05) is 31.2 Å². The molecule has 112 valence electrons. The maximum absolute atomic E-state index is 12.1. The van der Waals surface area contributed by atoms with Crippen molar-refractivity contribution in [3.05, 3.63) is 34.9 Å². The topological polar surface area (TPSA) is 64.4 Å². The predicted molar refractivity (Wildman–Crippen MR) is 82.2 cm³/mol. The number of carbonyl (C=O) groups is 1. The van der Waals surface area contributed by atoms with Crippen LogP contribution in [-0.4, -0.2) is 24.7 Å². The summed E-state index contributed by atoms with van der Waals surface area (Å²) in [7, 11) is 0. The molecule has 1 aliphatic rings. The van der Waals surface area contributed by atoms with Gasteiger partial charge in [-0.15, -0.1) is 12.4 Å². The van der Waals surface area contributed by atoms with Crippen LogP contribution in [0.5, 0.6) is 0 Å². The fraction of sp³-hybridized carbons (Fsp3) is 0.500. The van der Waals surface area contributed by atoms with E-state index in [1.165, 1.54) is 0 Å².